The molecule has 156 valence electrons. The van der Waals surface area contributed by atoms with E-state index in [1.807, 2.05) is 36.4 Å². The molecular weight excluding hydrogens is 408 g/mol. The van der Waals surface area contributed by atoms with E-state index in [0.717, 1.165) is 47.8 Å². The van der Waals surface area contributed by atoms with Crippen LogP contribution in [-0.4, -0.2) is 15.0 Å². The van der Waals surface area contributed by atoms with Crippen LogP contribution in [-0.2, 0) is 34.5 Å². The minimum absolute atomic E-state index is 0.0301. The van der Waals surface area contributed by atoms with Gasteiger partial charge in [-0.05, 0) is 47.6 Å². The lowest BCUT2D eigenvalue weighted by Gasteiger charge is -2.29. The van der Waals surface area contributed by atoms with Crippen LogP contribution in [0.1, 0.15) is 45.7 Å². The van der Waals surface area contributed by atoms with E-state index in [4.69, 9.17) is 4.74 Å². The molecule has 0 amide bonds. The highest BCUT2D eigenvalue weighted by molar-refractivity contribution is 7.78. The molecule has 0 N–H and O–H groups in total. The number of carbonyl (C=O) groups is 1. The van der Waals surface area contributed by atoms with Gasteiger partial charge < -0.3 is 14.1 Å². The molecule has 0 radical (unpaired) electrons. The standard InChI is InChI=1S/C26H22O4S/c27-15-23-22-6-1-2-7-24(22)30-26(19-10-8-17(9-11-19)16-31(28)29)25(23)21-13-12-18-4-3-5-20(18)14-21/h1-2,6-15,23H,3-5,16H2,(H,28,29)/p-1. The number of para-hydroxylation sites is 1. The highest BCUT2D eigenvalue weighted by Crippen LogP contribution is 2.46. The van der Waals surface area contributed by atoms with E-state index in [0.29, 0.717) is 17.1 Å². The Kier molecular flexibility index (Phi) is 5.30. The lowest BCUT2D eigenvalue weighted by Crippen LogP contribution is -2.16. The van der Waals surface area contributed by atoms with E-state index in [2.05, 4.69) is 18.2 Å². The fourth-order valence-corrected chi connectivity index (χ4v) is 5.05. The highest BCUT2D eigenvalue weighted by atomic mass is 32.2. The third-order valence-corrected chi connectivity index (χ3v) is 6.64. The number of hydrogen-bond donors (Lipinski definition) is 0. The SMILES string of the molecule is O=CC1C(c2ccc3c(c2)CCC3)=C(c2ccc(CS(=O)[O-])cc2)Oc2ccccc21. The molecule has 3 aromatic carbocycles. The van der Waals surface area contributed by atoms with Crippen molar-refractivity contribution in [3.8, 4) is 5.75 Å². The van der Waals surface area contributed by atoms with Gasteiger partial charge in [0.1, 0.15) is 17.8 Å². The van der Waals surface area contributed by atoms with Crippen LogP contribution in [0.25, 0.3) is 11.3 Å². The second-order valence-electron chi connectivity index (χ2n) is 7.98. The van der Waals surface area contributed by atoms with E-state index in [9.17, 15) is 13.6 Å². The summed E-state index contributed by atoms with van der Waals surface area (Å²) < 4.78 is 28.4. The van der Waals surface area contributed by atoms with Gasteiger partial charge in [-0.25, -0.2) is 0 Å². The van der Waals surface area contributed by atoms with Crippen LogP contribution in [0, 0.1) is 0 Å². The van der Waals surface area contributed by atoms with Crippen LogP contribution in [0.5, 0.6) is 5.75 Å². The van der Waals surface area contributed by atoms with Crippen LogP contribution < -0.4 is 4.74 Å². The molecule has 31 heavy (non-hydrogen) atoms. The molecule has 1 aliphatic heterocycles. The fraction of sp³-hybridized carbons (Fsp3) is 0.192. The molecule has 2 atom stereocenters. The van der Waals surface area contributed by atoms with Crippen molar-refractivity contribution >= 4 is 28.7 Å². The molecule has 2 unspecified atom stereocenters. The van der Waals surface area contributed by atoms with Crippen molar-refractivity contribution in [2.24, 2.45) is 0 Å². The van der Waals surface area contributed by atoms with Gasteiger partial charge in [0, 0.05) is 22.5 Å². The van der Waals surface area contributed by atoms with Gasteiger partial charge >= 0.3 is 0 Å². The second kappa shape index (κ2) is 8.25. The van der Waals surface area contributed by atoms with Gasteiger partial charge in [0.15, 0.2) is 0 Å². The van der Waals surface area contributed by atoms with Crippen molar-refractivity contribution in [1.82, 2.24) is 0 Å². The van der Waals surface area contributed by atoms with Crippen molar-refractivity contribution in [2.45, 2.75) is 30.9 Å². The molecule has 4 nitrogen and oxygen atoms in total. The van der Waals surface area contributed by atoms with Gasteiger partial charge in [0.25, 0.3) is 0 Å². The van der Waals surface area contributed by atoms with Crippen LogP contribution >= 0.6 is 0 Å². The molecule has 0 aromatic heterocycles. The summed E-state index contributed by atoms with van der Waals surface area (Å²) in [6.45, 7) is 0. The number of rotatable bonds is 5. The van der Waals surface area contributed by atoms with Crippen molar-refractivity contribution in [3.63, 3.8) is 0 Å². The summed E-state index contributed by atoms with van der Waals surface area (Å²) >= 11 is -2.14. The molecule has 0 fully saturated rings. The number of aldehydes is 1. The summed E-state index contributed by atoms with van der Waals surface area (Å²) in [5.74, 6) is 0.846. The van der Waals surface area contributed by atoms with Gasteiger partial charge in [0.05, 0.1) is 5.92 Å². The van der Waals surface area contributed by atoms with Gasteiger partial charge in [-0.3, -0.25) is 4.21 Å². The Hall–Kier alpha value is -3.02. The Morgan fingerprint density at radius 3 is 2.48 bits per heavy atom. The molecule has 1 heterocycles. The maximum absolute atomic E-state index is 12.3. The average Bonchev–Trinajstić information content (AvgIpc) is 3.26. The Morgan fingerprint density at radius 1 is 0.968 bits per heavy atom. The van der Waals surface area contributed by atoms with E-state index < -0.39 is 17.0 Å². The number of hydrogen-bond acceptors (Lipinski definition) is 4. The first-order valence-electron chi connectivity index (χ1n) is 10.4. The first kappa shape index (κ1) is 19.9. The van der Waals surface area contributed by atoms with Gasteiger partial charge in [-0.1, -0.05) is 71.7 Å². The maximum atomic E-state index is 12.3. The van der Waals surface area contributed by atoms with Crippen LogP contribution in [0.2, 0.25) is 0 Å². The van der Waals surface area contributed by atoms with E-state index in [1.54, 1.807) is 12.1 Å². The summed E-state index contributed by atoms with van der Waals surface area (Å²) in [5, 5.41) is 0. The monoisotopic (exact) mass is 429 g/mol. The number of fused-ring (bicyclic) bond motifs is 2. The van der Waals surface area contributed by atoms with Gasteiger partial charge in [0.2, 0.25) is 0 Å². The number of carbonyl (C=O) groups excluding carboxylic acids is 1. The van der Waals surface area contributed by atoms with Crippen molar-refractivity contribution in [3.05, 3.63) is 100 Å². The van der Waals surface area contributed by atoms with Crippen LogP contribution in [0.4, 0.5) is 0 Å². The molecule has 0 bridgehead atoms. The first-order chi connectivity index (χ1) is 15.1. The number of ether oxygens (including phenoxy) is 1. The average molecular weight is 430 g/mol. The third kappa shape index (κ3) is 3.75. The molecule has 5 rings (SSSR count). The largest absolute Gasteiger partial charge is 0.772 e. The molecular formula is C26H21O4S-. The normalized spacial score (nSPS) is 18.2. The zero-order chi connectivity index (χ0) is 21.4. The fourth-order valence-electron chi connectivity index (χ4n) is 4.59. The topological polar surface area (TPSA) is 66.4 Å². The highest BCUT2D eigenvalue weighted by Gasteiger charge is 2.31. The predicted octanol–water partition coefficient (Wildman–Crippen LogP) is 4.80. The molecule has 1 aliphatic carbocycles. The minimum atomic E-state index is -2.14. The minimum Gasteiger partial charge on any atom is -0.772 e. The quantitative estimate of drug-likeness (QED) is 0.432. The molecule has 0 saturated heterocycles. The van der Waals surface area contributed by atoms with Crippen molar-refractivity contribution < 1.29 is 18.3 Å². The molecule has 0 saturated carbocycles. The van der Waals surface area contributed by atoms with Gasteiger partial charge in [-0.2, -0.15) is 0 Å². The summed E-state index contributed by atoms with van der Waals surface area (Å²) in [4.78, 5) is 12.3. The van der Waals surface area contributed by atoms with Gasteiger partial charge in [-0.15, -0.1) is 0 Å². The zero-order valence-electron chi connectivity index (χ0n) is 16.9. The Bertz CT molecular complexity index is 1210. The van der Waals surface area contributed by atoms with E-state index >= 15 is 0 Å². The smallest absolute Gasteiger partial charge is 0.139 e. The summed E-state index contributed by atoms with van der Waals surface area (Å²) in [5.41, 5.74) is 6.93. The molecule has 5 heteroatoms. The summed E-state index contributed by atoms with van der Waals surface area (Å²) in [7, 11) is 0. The third-order valence-electron chi connectivity index (χ3n) is 6.07. The molecule has 2 aliphatic rings. The number of aryl methyl sites for hydroxylation is 2. The summed E-state index contributed by atoms with van der Waals surface area (Å²) in [6.07, 6.45) is 4.29. The second-order valence-corrected chi connectivity index (χ2v) is 8.87. The lowest BCUT2D eigenvalue weighted by atomic mass is 9.82. The number of allylic oxidation sites excluding steroid dienone is 1. The Balaban J connectivity index is 1.68. The van der Waals surface area contributed by atoms with Crippen LogP contribution in [0.15, 0.2) is 66.7 Å². The van der Waals surface area contributed by atoms with E-state index in [1.165, 1.54) is 11.1 Å². The Morgan fingerprint density at radius 2 is 1.71 bits per heavy atom. The number of benzene rings is 3. The van der Waals surface area contributed by atoms with Crippen LogP contribution in [0.3, 0.4) is 0 Å². The Labute approximate surface area is 183 Å². The van der Waals surface area contributed by atoms with Crippen molar-refractivity contribution in [1.29, 1.82) is 0 Å². The summed E-state index contributed by atoms with van der Waals surface area (Å²) in [6, 6.07) is 21.4. The molecule has 0 spiro atoms. The zero-order valence-corrected chi connectivity index (χ0v) is 17.7. The predicted molar refractivity (Wildman–Crippen MR) is 120 cm³/mol. The lowest BCUT2D eigenvalue weighted by molar-refractivity contribution is -0.108. The maximum Gasteiger partial charge on any atom is 0.139 e. The van der Waals surface area contributed by atoms with Crippen molar-refractivity contribution in [2.75, 3.05) is 0 Å². The molecule has 3 aromatic rings. The first-order valence-corrected chi connectivity index (χ1v) is 11.6. The van der Waals surface area contributed by atoms with E-state index in [-0.39, 0.29) is 5.75 Å².